The van der Waals surface area contributed by atoms with Gasteiger partial charge in [-0.15, -0.1) is 0 Å². The molecule has 1 fully saturated rings. The number of carbonyl (C=O) groups is 2. The van der Waals surface area contributed by atoms with E-state index in [0.29, 0.717) is 27.9 Å². The van der Waals surface area contributed by atoms with E-state index in [1.165, 1.54) is 11.6 Å². The first-order valence-corrected chi connectivity index (χ1v) is 10.1. The number of carboxylic acid groups (broad SMARTS) is 1. The van der Waals surface area contributed by atoms with Crippen LogP contribution in [0.4, 0.5) is 11.4 Å². The molecule has 30 heavy (non-hydrogen) atoms. The zero-order valence-electron chi connectivity index (χ0n) is 16.2. The number of aromatic carboxylic acids is 1. The van der Waals surface area contributed by atoms with Crippen molar-refractivity contribution in [2.45, 2.75) is 12.3 Å². The number of anilines is 2. The Morgan fingerprint density at radius 2 is 1.80 bits per heavy atom. The molecule has 1 saturated heterocycles. The second kappa shape index (κ2) is 8.59. The topological polar surface area (TPSA) is 69.6 Å². The summed E-state index contributed by atoms with van der Waals surface area (Å²) in [5.74, 6) is -0.992. The average Bonchev–Trinajstić information content (AvgIpc) is 3.24. The van der Waals surface area contributed by atoms with Crippen molar-refractivity contribution in [3.8, 4) is 0 Å². The van der Waals surface area contributed by atoms with Crippen LogP contribution in [0.2, 0.25) is 5.02 Å². The van der Waals surface area contributed by atoms with Crippen LogP contribution in [0.15, 0.2) is 72.8 Å². The maximum Gasteiger partial charge on any atom is 0.337 e. The van der Waals surface area contributed by atoms with Crippen molar-refractivity contribution in [2.75, 3.05) is 23.3 Å². The van der Waals surface area contributed by atoms with Gasteiger partial charge >= 0.3 is 5.97 Å². The van der Waals surface area contributed by atoms with Gasteiger partial charge in [-0.3, -0.25) is 4.79 Å². The minimum absolute atomic E-state index is 0.174. The zero-order chi connectivity index (χ0) is 21.1. The number of carboxylic acids is 1. The fourth-order valence-electron chi connectivity index (χ4n) is 3.87. The minimum atomic E-state index is -1.02. The predicted molar refractivity (Wildman–Crippen MR) is 119 cm³/mol. The van der Waals surface area contributed by atoms with Gasteiger partial charge in [-0.05, 0) is 48.4 Å². The number of rotatable bonds is 5. The van der Waals surface area contributed by atoms with Gasteiger partial charge in [0.2, 0.25) is 0 Å². The highest BCUT2D eigenvalue weighted by molar-refractivity contribution is 6.31. The lowest BCUT2D eigenvalue weighted by atomic mass is 9.99. The zero-order valence-corrected chi connectivity index (χ0v) is 17.0. The van der Waals surface area contributed by atoms with Crippen LogP contribution >= 0.6 is 11.6 Å². The molecule has 2 N–H and O–H groups in total. The number of halogens is 1. The first kappa shape index (κ1) is 20.0. The molecule has 0 aromatic heterocycles. The summed E-state index contributed by atoms with van der Waals surface area (Å²) in [6.07, 6.45) is 0.969. The Balaban J connectivity index is 1.54. The Kier molecular flexibility index (Phi) is 5.72. The van der Waals surface area contributed by atoms with Gasteiger partial charge in [0, 0.05) is 35.3 Å². The molecule has 0 radical (unpaired) electrons. The second-order valence-corrected chi connectivity index (χ2v) is 7.78. The SMILES string of the molecule is O=C(Nc1ccc(N2CC[C@H](c3ccccc3)C2)c(C(=O)O)c1)c1cccc(Cl)c1. The standard InChI is InChI=1S/C24H21ClN2O3/c25-19-8-4-7-17(13-19)23(28)26-20-9-10-22(21(14-20)24(29)30)27-12-11-18(15-27)16-5-2-1-3-6-16/h1-10,13-14,18H,11-12,15H2,(H,26,28)(H,29,30)/t18-/m0/s1. The monoisotopic (exact) mass is 420 g/mol. The quantitative estimate of drug-likeness (QED) is 0.588. The van der Waals surface area contributed by atoms with Gasteiger partial charge in [0.15, 0.2) is 0 Å². The number of hydrogen-bond acceptors (Lipinski definition) is 3. The maximum atomic E-state index is 12.5. The lowest BCUT2D eigenvalue weighted by Gasteiger charge is -2.21. The Bertz CT molecular complexity index is 1080. The molecule has 5 nitrogen and oxygen atoms in total. The molecule has 152 valence electrons. The molecule has 1 aliphatic heterocycles. The van der Waals surface area contributed by atoms with Gasteiger partial charge < -0.3 is 15.3 Å². The van der Waals surface area contributed by atoms with Crippen LogP contribution in [0, 0.1) is 0 Å². The van der Waals surface area contributed by atoms with E-state index in [2.05, 4.69) is 22.3 Å². The fraction of sp³-hybridized carbons (Fsp3) is 0.167. The van der Waals surface area contributed by atoms with Crippen LogP contribution in [0.1, 0.15) is 38.6 Å². The van der Waals surface area contributed by atoms with E-state index >= 15 is 0 Å². The Morgan fingerprint density at radius 3 is 2.53 bits per heavy atom. The Labute approximate surface area is 179 Å². The number of nitrogens with one attached hydrogen (secondary N) is 1. The molecular weight excluding hydrogens is 400 g/mol. The number of carbonyl (C=O) groups excluding carboxylic acids is 1. The van der Waals surface area contributed by atoms with E-state index in [0.717, 1.165) is 19.5 Å². The van der Waals surface area contributed by atoms with Crippen molar-refractivity contribution in [1.82, 2.24) is 0 Å². The molecule has 0 bridgehead atoms. The molecule has 0 aliphatic carbocycles. The van der Waals surface area contributed by atoms with E-state index in [1.54, 1.807) is 36.4 Å². The van der Waals surface area contributed by atoms with Crippen LogP contribution in [0.5, 0.6) is 0 Å². The van der Waals surface area contributed by atoms with Crippen molar-refractivity contribution >= 4 is 34.9 Å². The fourth-order valence-corrected chi connectivity index (χ4v) is 4.06. The molecule has 6 heteroatoms. The highest BCUT2D eigenvalue weighted by atomic mass is 35.5. The van der Waals surface area contributed by atoms with Crippen molar-refractivity contribution in [3.05, 3.63) is 94.5 Å². The molecule has 1 amide bonds. The van der Waals surface area contributed by atoms with Crippen molar-refractivity contribution in [1.29, 1.82) is 0 Å². The summed E-state index contributed by atoms with van der Waals surface area (Å²) in [5, 5.41) is 13.0. The van der Waals surface area contributed by atoms with Crippen LogP contribution < -0.4 is 10.2 Å². The van der Waals surface area contributed by atoms with E-state index in [4.69, 9.17) is 11.6 Å². The summed E-state index contributed by atoms with van der Waals surface area (Å²) in [5.41, 5.74) is 2.95. The lowest BCUT2D eigenvalue weighted by molar-refractivity contribution is 0.0697. The molecule has 4 rings (SSSR count). The molecule has 0 unspecified atom stereocenters. The molecule has 1 heterocycles. The maximum absolute atomic E-state index is 12.5. The smallest absolute Gasteiger partial charge is 0.337 e. The van der Waals surface area contributed by atoms with Crippen LogP contribution in [0.3, 0.4) is 0 Å². The second-order valence-electron chi connectivity index (χ2n) is 7.34. The summed E-state index contributed by atoms with van der Waals surface area (Å²) in [6.45, 7) is 1.55. The number of benzene rings is 3. The Hall–Kier alpha value is -3.31. The van der Waals surface area contributed by atoms with Crippen LogP contribution in [-0.4, -0.2) is 30.1 Å². The van der Waals surface area contributed by atoms with Crippen molar-refractivity contribution in [3.63, 3.8) is 0 Å². The summed E-state index contributed by atoms with van der Waals surface area (Å²) in [4.78, 5) is 26.5. The van der Waals surface area contributed by atoms with Gasteiger partial charge in [0.05, 0.1) is 11.3 Å². The molecule has 3 aromatic carbocycles. The van der Waals surface area contributed by atoms with Gasteiger partial charge in [0.1, 0.15) is 0 Å². The number of nitrogens with zero attached hydrogens (tertiary/aromatic N) is 1. The minimum Gasteiger partial charge on any atom is -0.478 e. The van der Waals surface area contributed by atoms with Crippen molar-refractivity contribution < 1.29 is 14.7 Å². The molecular formula is C24H21ClN2O3. The molecule has 3 aromatic rings. The molecule has 0 spiro atoms. The highest BCUT2D eigenvalue weighted by Gasteiger charge is 2.27. The summed E-state index contributed by atoms with van der Waals surface area (Å²) >= 11 is 5.94. The van der Waals surface area contributed by atoms with Gasteiger partial charge in [-0.1, -0.05) is 48.0 Å². The molecule has 1 atom stereocenters. The van der Waals surface area contributed by atoms with Crippen molar-refractivity contribution in [2.24, 2.45) is 0 Å². The highest BCUT2D eigenvalue weighted by Crippen LogP contribution is 2.33. The van der Waals surface area contributed by atoms with Gasteiger partial charge in [0.25, 0.3) is 5.91 Å². The van der Waals surface area contributed by atoms with E-state index in [9.17, 15) is 14.7 Å². The predicted octanol–water partition coefficient (Wildman–Crippen LogP) is 5.28. The largest absolute Gasteiger partial charge is 0.478 e. The first-order valence-electron chi connectivity index (χ1n) is 9.75. The van der Waals surface area contributed by atoms with E-state index in [1.807, 2.05) is 18.2 Å². The average molecular weight is 421 g/mol. The summed E-state index contributed by atoms with van der Waals surface area (Å²) < 4.78 is 0. The summed E-state index contributed by atoms with van der Waals surface area (Å²) in [6, 6.07) is 21.9. The van der Waals surface area contributed by atoms with E-state index in [-0.39, 0.29) is 11.5 Å². The third kappa shape index (κ3) is 4.31. The van der Waals surface area contributed by atoms with Gasteiger partial charge in [-0.2, -0.15) is 0 Å². The normalized spacial score (nSPS) is 15.8. The molecule has 1 aliphatic rings. The van der Waals surface area contributed by atoms with E-state index < -0.39 is 5.97 Å². The third-order valence-electron chi connectivity index (χ3n) is 5.37. The Morgan fingerprint density at radius 1 is 1.00 bits per heavy atom. The lowest BCUT2D eigenvalue weighted by Crippen LogP contribution is -2.22. The van der Waals surface area contributed by atoms with Crippen LogP contribution in [0.25, 0.3) is 0 Å². The molecule has 0 saturated carbocycles. The van der Waals surface area contributed by atoms with Gasteiger partial charge in [-0.25, -0.2) is 4.79 Å². The third-order valence-corrected chi connectivity index (χ3v) is 5.61. The number of hydrogen-bond donors (Lipinski definition) is 2. The summed E-state index contributed by atoms with van der Waals surface area (Å²) in [7, 11) is 0. The number of amides is 1. The first-order chi connectivity index (χ1) is 14.5. The van der Waals surface area contributed by atoms with Crippen LogP contribution in [-0.2, 0) is 0 Å².